The zero-order valence-corrected chi connectivity index (χ0v) is 18.8. The summed E-state index contributed by atoms with van der Waals surface area (Å²) in [7, 11) is 1.52. The van der Waals surface area contributed by atoms with Gasteiger partial charge in [0, 0.05) is 19.5 Å². The molecule has 0 aliphatic carbocycles. The Labute approximate surface area is 186 Å². The zero-order chi connectivity index (χ0) is 23.0. The van der Waals surface area contributed by atoms with Gasteiger partial charge in [-0.05, 0) is 42.9 Å². The molecule has 0 spiro atoms. The van der Waals surface area contributed by atoms with Crippen molar-refractivity contribution in [3.8, 4) is 5.75 Å². The number of hydrogen-bond acceptors (Lipinski definition) is 6. The standard InChI is InChI=1S/C23H29N5O4/c1-12-5-6-17(32-4)16(8-12)24-21(30)15-9-18(29)25-20-19(15)22(31)27-23(26-20)28-10-13(2)7-14(3)11-28/h5-6,8,13-15H,7,9-11H2,1-4H3,(H,24,30)(H2,25,26,27,29,31)/t13-,14+,15-/m0/s1. The van der Waals surface area contributed by atoms with Crippen LogP contribution < -0.4 is 25.8 Å². The summed E-state index contributed by atoms with van der Waals surface area (Å²) in [5.41, 5.74) is 1.20. The van der Waals surface area contributed by atoms with E-state index in [9.17, 15) is 14.4 Å². The van der Waals surface area contributed by atoms with Gasteiger partial charge >= 0.3 is 0 Å². The Morgan fingerprint density at radius 1 is 1.22 bits per heavy atom. The number of nitrogens with zero attached hydrogens (tertiary/aromatic N) is 2. The number of nitrogens with one attached hydrogen (secondary N) is 3. The third-order valence-electron chi connectivity index (χ3n) is 6.04. The Kier molecular flexibility index (Phi) is 5.90. The molecule has 2 amide bonds. The summed E-state index contributed by atoms with van der Waals surface area (Å²) in [5, 5.41) is 5.50. The van der Waals surface area contributed by atoms with Crippen LogP contribution in [0.25, 0.3) is 0 Å². The number of hydrogen-bond donors (Lipinski definition) is 3. The molecular weight excluding hydrogens is 410 g/mol. The van der Waals surface area contributed by atoms with Crippen molar-refractivity contribution in [3.63, 3.8) is 0 Å². The molecule has 9 heteroatoms. The Bertz CT molecular complexity index is 1100. The largest absolute Gasteiger partial charge is 0.495 e. The van der Waals surface area contributed by atoms with Gasteiger partial charge in [-0.15, -0.1) is 0 Å². The number of benzene rings is 1. The summed E-state index contributed by atoms with van der Waals surface area (Å²) in [5.74, 6) is 0.267. The zero-order valence-electron chi connectivity index (χ0n) is 18.8. The van der Waals surface area contributed by atoms with Crippen molar-refractivity contribution in [1.29, 1.82) is 0 Å². The third kappa shape index (κ3) is 4.32. The maximum Gasteiger partial charge on any atom is 0.258 e. The fraction of sp³-hybridized carbons (Fsp3) is 0.478. The number of rotatable bonds is 4. The molecule has 0 radical (unpaired) electrons. The fourth-order valence-electron chi connectivity index (χ4n) is 4.71. The van der Waals surface area contributed by atoms with Gasteiger partial charge in [0.1, 0.15) is 11.6 Å². The molecule has 1 aromatic carbocycles. The predicted octanol–water partition coefficient (Wildman–Crippen LogP) is 2.63. The second-order valence-electron chi connectivity index (χ2n) is 9.00. The summed E-state index contributed by atoms with van der Waals surface area (Å²) in [6, 6.07) is 5.41. The number of aromatic amines is 1. The first-order valence-corrected chi connectivity index (χ1v) is 10.9. The number of ether oxygens (including phenoxy) is 1. The quantitative estimate of drug-likeness (QED) is 0.674. The van der Waals surface area contributed by atoms with E-state index in [2.05, 4.69) is 34.4 Å². The van der Waals surface area contributed by atoms with E-state index in [1.54, 1.807) is 12.1 Å². The van der Waals surface area contributed by atoms with E-state index < -0.39 is 17.4 Å². The first kappa shape index (κ1) is 21.9. The molecule has 3 heterocycles. The molecular formula is C23H29N5O4. The number of fused-ring (bicyclic) bond motifs is 1. The van der Waals surface area contributed by atoms with Crippen LogP contribution in [0.5, 0.6) is 5.75 Å². The van der Waals surface area contributed by atoms with Crippen LogP contribution in [0.2, 0.25) is 0 Å². The third-order valence-corrected chi connectivity index (χ3v) is 6.04. The Hall–Kier alpha value is -3.36. The van der Waals surface area contributed by atoms with Crippen LogP contribution in [0.4, 0.5) is 17.5 Å². The van der Waals surface area contributed by atoms with Crippen molar-refractivity contribution in [2.75, 3.05) is 35.7 Å². The number of carbonyl (C=O) groups is 2. The average Bonchev–Trinajstić information content (AvgIpc) is 2.72. The maximum absolute atomic E-state index is 13.1. The SMILES string of the molecule is COc1ccc(C)cc1NC(=O)[C@H]1CC(=O)Nc2nc(N3C[C@H](C)C[C@H](C)C3)[nH]c(=O)c21. The number of methoxy groups -OCH3 is 1. The summed E-state index contributed by atoms with van der Waals surface area (Å²) in [6.45, 7) is 7.78. The molecule has 2 aliphatic rings. The predicted molar refractivity (Wildman–Crippen MR) is 122 cm³/mol. The first-order chi connectivity index (χ1) is 15.2. The second-order valence-corrected chi connectivity index (χ2v) is 9.00. The first-order valence-electron chi connectivity index (χ1n) is 10.9. The molecule has 0 bridgehead atoms. The Balaban J connectivity index is 1.66. The van der Waals surface area contributed by atoms with Gasteiger partial charge in [-0.2, -0.15) is 4.98 Å². The number of aromatic nitrogens is 2. The van der Waals surface area contributed by atoms with Gasteiger partial charge in [0.15, 0.2) is 0 Å². The van der Waals surface area contributed by atoms with Gasteiger partial charge in [0.25, 0.3) is 5.56 Å². The Morgan fingerprint density at radius 2 is 1.94 bits per heavy atom. The molecule has 0 unspecified atom stereocenters. The van der Waals surface area contributed by atoms with E-state index in [0.29, 0.717) is 29.2 Å². The maximum atomic E-state index is 13.1. The molecule has 32 heavy (non-hydrogen) atoms. The number of H-pyrrole nitrogens is 1. The molecule has 9 nitrogen and oxygen atoms in total. The van der Waals surface area contributed by atoms with Crippen molar-refractivity contribution < 1.29 is 14.3 Å². The minimum Gasteiger partial charge on any atom is -0.495 e. The highest BCUT2D eigenvalue weighted by atomic mass is 16.5. The lowest BCUT2D eigenvalue weighted by Crippen LogP contribution is -2.42. The van der Waals surface area contributed by atoms with E-state index >= 15 is 0 Å². The molecule has 0 saturated carbocycles. The van der Waals surface area contributed by atoms with Crippen LogP contribution in [0.1, 0.15) is 43.7 Å². The average molecular weight is 440 g/mol. The van der Waals surface area contributed by atoms with E-state index in [1.807, 2.05) is 17.9 Å². The normalized spacial score (nSPS) is 22.7. The molecule has 3 N–H and O–H groups in total. The van der Waals surface area contributed by atoms with E-state index in [1.165, 1.54) is 7.11 Å². The van der Waals surface area contributed by atoms with Gasteiger partial charge < -0.3 is 20.3 Å². The summed E-state index contributed by atoms with van der Waals surface area (Å²) in [6.07, 6.45) is 0.988. The monoisotopic (exact) mass is 439 g/mol. The molecule has 2 aliphatic heterocycles. The highest BCUT2D eigenvalue weighted by Gasteiger charge is 2.36. The lowest BCUT2D eigenvalue weighted by atomic mass is 9.91. The van der Waals surface area contributed by atoms with Gasteiger partial charge in [-0.3, -0.25) is 19.4 Å². The van der Waals surface area contributed by atoms with Gasteiger partial charge in [0.2, 0.25) is 17.8 Å². The van der Waals surface area contributed by atoms with Gasteiger partial charge in [-0.25, -0.2) is 0 Å². The minimum absolute atomic E-state index is 0.130. The van der Waals surface area contributed by atoms with Gasteiger partial charge in [0.05, 0.1) is 24.3 Å². The molecule has 3 atom stereocenters. The van der Waals surface area contributed by atoms with Crippen molar-refractivity contribution in [3.05, 3.63) is 39.7 Å². The molecule has 170 valence electrons. The van der Waals surface area contributed by atoms with Crippen LogP contribution in [0.15, 0.2) is 23.0 Å². The van der Waals surface area contributed by atoms with Gasteiger partial charge in [-0.1, -0.05) is 19.9 Å². The number of anilines is 3. The lowest BCUT2D eigenvalue weighted by molar-refractivity contribution is -0.123. The van der Waals surface area contributed by atoms with Crippen LogP contribution in [0, 0.1) is 18.8 Å². The van der Waals surface area contributed by atoms with Crippen LogP contribution in [0.3, 0.4) is 0 Å². The summed E-state index contributed by atoms with van der Waals surface area (Å²) < 4.78 is 5.32. The lowest BCUT2D eigenvalue weighted by Gasteiger charge is -2.35. The van der Waals surface area contributed by atoms with E-state index in [4.69, 9.17) is 4.74 Å². The van der Waals surface area contributed by atoms with Crippen molar-refractivity contribution >= 4 is 29.3 Å². The van der Waals surface area contributed by atoms with Crippen molar-refractivity contribution in [1.82, 2.24) is 9.97 Å². The summed E-state index contributed by atoms with van der Waals surface area (Å²) in [4.78, 5) is 48.0. The number of carbonyl (C=O) groups excluding carboxylic acids is 2. The van der Waals surface area contributed by atoms with Crippen LogP contribution in [-0.4, -0.2) is 42.0 Å². The van der Waals surface area contributed by atoms with E-state index in [0.717, 1.165) is 25.1 Å². The molecule has 1 saturated heterocycles. The van der Waals surface area contributed by atoms with Crippen molar-refractivity contribution in [2.24, 2.45) is 11.8 Å². The second kappa shape index (κ2) is 8.64. The highest BCUT2D eigenvalue weighted by Crippen LogP contribution is 2.33. The van der Waals surface area contributed by atoms with Crippen molar-refractivity contribution in [2.45, 2.75) is 39.5 Å². The topological polar surface area (TPSA) is 116 Å². The number of amides is 2. The number of piperidine rings is 1. The van der Waals surface area contributed by atoms with Crippen LogP contribution in [-0.2, 0) is 9.59 Å². The minimum atomic E-state index is -0.950. The van der Waals surface area contributed by atoms with E-state index in [-0.39, 0.29) is 23.7 Å². The Morgan fingerprint density at radius 3 is 2.62 bits per heavy atom. The number of aryl methyl sites for hydroxylation is 1. The molecule has 4 rings (SSSR count). The smallest absolute Gasteiger partial charge is 0.258 e. The molecule has 1 aromatic heterocycles. The molecule has 1 fully saturated rings. The molecule has 2 aromatic rings. The highest BCUT2D eigenvalue weighted by molar-refractivity contribution is 6.05. The van der Waals surface area contributed by atoms with Crippen LogP contribution >= 0.6 is 0 Å². The fourth-order valence-corrected chi connectivity index (χ4v) is 4.71. The summed E-state index contributed by atoms with van der Waals surface area (Å²) >= 11 is 0.